The summed E-state index contributed by atoms with van der Waals surface area (Å²) in [6.45, 7) is 2.08. The normalized spacial score (nSPS) is 11.6. The molecule has 7 heteroatoms. The quantitative estimate of drug-likeness (QED) is 0.473. The van der Waals surface area contributed by atoms with Gasteiger partial charge in [-0.2, -0.15) is 0 Å². The minimum Gasteiger partial charge on any atom is -0.333 e. The molecule has 3 aromatic heterocycles. The van der Waals surface area contributed by atoms with Gasteiger partial charge in [0.05, 0.1) is 21.7 Å². The van der Waals surface area contributed by atoms with E-state index in [1.165, 1.54) is 5.56 Å². The van der Waals surface area contributed by atoms with E-state index in [4.69, 9.17) is 11.6 Å². The number of H-pyrrole nitrogens is 1. The van der Waals surface area contributed by atoms with E-state index in [2.05, 4.69) is 49.9 Å². The molecule has 0 aliphatic carbocycles. The lowest BCUT2D eigenvalue weighted by molar-refractivity contribution is 1.07. The van der Waals surface area contributed by atoms with Crippen LogP contribution >= 0.6 is 39.3 Å². The SMILES string of the molecule is Cc1ccc2nc(SCc3nc4ccc(Cl)cn4c3Br)[nH]c2c1. The molecular weight excluding hydrogens is 396 g/mol. The highest BCUT2D eigenvalue weighted by Crippen LogP contribution is 2.28. The van der Waals surface area contributed by atoms with Gasteiger partial charge in [-0.05, 0) is 52.7 Å². The molecule has 0 radical (unpaired) electrons. The van der Waals surface area contributed by atoms with Crippen molar-refractivity contribution < 1.29 is 0 Å². The average Bonchev–Trinajstić information content (AvgIpc) is 3.06. The molecule has 4 rings (SSSR count). The van der Waals surface area contributed by atoms with Gasteiger partial charge in [-0.1, -0.05) is 29.4 Å². The molecule has 0 fully saturated rings. The van der Waals surface area contributed by atoms with E-state index >= 15 is 0 Å². The second-order valence-corrected chi connectivity index (χ2v) is 7.43. The van der Waals surface area contributed by atoms with Crippen molar-refractivity contribution in [2.75, 3.05) is 0 Å². The van der Waals surface area contributed by atoms with Gasteiger partial charge in [0.2, 0.25) is 0 Å². The van der Waals surface area contributed by atoms with Gasteiger partial charge in [-0.25, -0.2) is 9.97 Å². The van der Waals surface area contributed by atoms with Crippen LogP contribution in [0.2, 0.25) is 5.02 Å². The van der Waals surface area contributed by atoms with Crippen molar-refractivity contribution in [1.82, 2.24) is 19.4 Å². The Bertz CT molecular complexity index is 1020. The van der Waals surface area contributed by atoms with Crippen LogP contribution < -0.4 is 0 Å². The number of aryl methyl sites for hydroxylation is 1. The summed E-state index contributed by atoms with van der Waals surface area (Å²) in [6, 6.07) is 9.96. The molecule has 116 valence electrons. The number of nitrogens with zero attached hydrogens (tertiary/aromatic N) is 3. The summed E-state index contributed by atoms with van der Waals surface area (Å²) < 4.78 is 2.87. The average molecular weight is 408 g/mol. The Balaban J connectivity index is 1.61. The maximum Gasteiger partial charge on any atom is 0.166 e. The molecule has 23 heavy (non-hydrogen) atoms. The molecule has 4 nitrogen and oxygen atoms in total. The molecule has 0 saturated heterocycles. The lowest BCUT2D eigenvalue weighted by Gasteiger charge is -1.97. The minimum atomic E-state index is 0.683. The Kier molecular flexibility index (Phi) is 3.83. The Morgan fingerprint density at radius 2 is 2.13 bits per heavy atom. The standard InChI is InChI=1S/C16H12BrClN4S/c1-9-2-4-11-12(6-9)21-16(20-11)23-8-13-15(17)22-7-10(18)3-5-14(22)19-13/h2-7H,8H2,1H3,(H,20,21). The number of thioether (sulfide) groups is 1. The Morgan fingerprint density at radius 1 is 1.26 bits per heavy atom. The number of aromatic nitrogens is 4. The maximum absolute atomic E-state index is 6.04. The van der Waals surface area contributed by atoms with Gasteiger partial charge in [0, 0.05) is 11.9 Å². The number of hydrogen-bond donors (Lipinski definition) is 1. The van der Waals surface area contributed by atoms with Crippen LogP contribution in [0.3, 0.4) is 0 Å². The Labute approximate surface area is 150 Å². The van der Waals surface area contributed by atoms with Crippen LogP contribution in [0.25, 0.3) is 16.7 Å². The van der Waals surface area contributed by atoms with E-state index in [-0.39, 0.29) is 0 Å². The monoisotopic (exact) mass is 406 g/mol. The highest BCUT2D eigenvalue weighted by Gasteiger charge is 2.12. The molecule has 1 aromatic carbocycles. The molecular formula is C16H12BrClN4S. The fraction of sp³-hybridized carbons (Fsp3) is 0.125. The van der Waals surface area contributed by atoms with Gasteiger partial charge >= 0.3 is 0 Å². The van der Waals surface area contributed by atoms with Crippen LogP contribution in [0, 0.1) is 6.92 Å². The van der Waals surface area contributed by atoms with E-state index in [1.54, 1.807) is 11.8 Å². The molecule has 3 heterocycles. The second kappa shape index (κ2) is 5.85. The van der Waals surface area contributed by atoms with Crippen molar-refractivity contribution in [3.05, 3.63) is 57.4 Å². The Morgan fingerprint density at radius 3 is 3.00 bits per heavy atom. The number of halogens is 2. The summed E-state index contributed by atoms with van der Waals surface area (Å²) in [5, 5.41) is 1.58. The van der Waals surface area contributed by atoms with Gasteiger partial charge < -0.3 is 4.98 Å². The van der Waals surface area contributed by atoms with Crippen molar-refractivity contribution in [2.45, 2.75) is 17.8 Å². The number of fused-ring (bicyclic) bond motifs is 2. The molecule has 0 spiro atoms. The van der Waals surface area contributed by atoms with Crippen molar-refractivity contribution >= 4 is 56.0 Å². The number of rotatable bonds is 3. The van der Waals surface area contributed by atoms with E-state index in [0.717, 1.165) is 37.9 Å². The number of nitrogens with one attached hydrogen (secondary N) is 1. The highest BCUT2D eigenvalue weighted by atomic mass is 79.9. The third-order valence-electron chi connectivity index (χ3n) is 3.55. The van der Waals surface area contributed by atoms with Crippen molar-refractivity contribution in [2.24, 2.45) is 0 Å². The fourth-order valence-electron chi connectivity index (χ4n) is 2.44. The summed E-state index contributed by atoms with van der Waals surface area (Å²) in [7, 11) is 0. The summed E-state index contributed by atoms with van der Waals surface area (Å²) in [4.78, 5) is 12.6. The number of aromatic amines is 1. The molecule has 0 bridgehead atoms. The smallest absolute Gasteiger partial charge is 0.166 e. The molecule has 0 saturated carbocycles. The lowest BCUT2D eigenvalue weighted by Crippen LogP contribution is -1.85. The topological polar surface area (TPSA) is 46.0 Å². The van der Waals surface area contributed by atoms with Crippen LogP contribution in [0.4, 0.5) is 0 Å². The van der Waals surface area contributed by atoms with E-state index < -0.39 is 0 Å². The molecule has 0 unspecified atom stereocenters. The van der Waals surface area contributed by atoms with Crippen LogP contribution in [0.15, 0.2) is 46.3 Å². The van der Waals surface area contributed by atoms with Crippen molar-refractivity contribution in [3.63, 3.8) is 0 Å². The summed E-state index contributed by atoms with van der Waals surface area (Å²) >= 11 is 11.3. The zero-order valence-corrected chi connectivity index (χ0v) is 15.3. The minimum absolute atomic E-state index is 0.683. The molecule has 0 amide bonds. The first-order valence-corrected chi connectivity index (χ1v) is 9.17. The summed E-state index contributed by atoms with van der Waals surface area (Å²) in [5.74, 6) is 0.721. The zero-order valence-electron chi connectivity index (χ0n) is 12.2. The van der Waals surface area contributed by atoms with E-state index in [1.807, 2.05) is 28.8 Å². The first kappa shape index (κ1) is 15.1. The molecule has 0 aliphatic rings. The van der Waals surface area contributed by atoms with Gasteiger partial charge in [0.15, 0.2) is 5.16 Å². The van der Waals surface area contributed by atoms with Gasteiger partial charge in [-0.15, -0.1) is 0 Å². The predicted molar refractivity (Wildman–Crippen MR) is 98.3 cm³/mol. The van der Waals surface area contributed by atoms with Gasteiger partial charge in [0.1, 0.15) is 10.3 Å². The number of pyridine rings is 1. The van der Waals surface area contributed by atoms with Crippen LogP contribution in [-0.4, -0.2) is 19.4 Å². The highest BCUT2D eigenvalue weighted by molar-refractivity contribution is 9.10. The largest absolute Gasteiger partial charge is 0.333 e. The fourth-order valence-corrected chi connectivity index (χ4v) is 4.11. The van der Waals surface area contributed by atoms with Crippen LogP contribution in [-0.2, 0) is 5.75 Å². The third kappa shape index (κ3) is 2.86. The molecule has 0 aliphatic heterocycles. The number of benzene rings is 1. The van der Waals surface area contributed by atoms with Gasteiger partial charge in [0.25, 0.3) is 0 Å². The van der Waals surface area contributed by atoms with E-state index in [9.17, 15) is 0 Å². The third-order valence-corrected chi connectivity index (χ3v) is 5.50. The number of hydrogen-bond acceptors (Lipinski definition) is 3. The molecule has 4 aromatic rings. The summed E-state index contributed by atoms with van der Waals surface area (Å²) in [5.41, 5.74) is 5.11. The Hall–Kier alpha value is -1.50. The predicted octanol–water partition coefficient (Wildman–Crippen LogP) is 5.23. The first-order valence-electron chi connectivity index (χ1n) is 7.01. The molecule has 1 N–H and O–H groups in total. The first-order chi connectivity index (χ1) is 11.1. The summed E-state index contributed by atoms with van der Waals surface area (Å²) in [6.07, 6.45) is 1.85. The number of imidazole rings is 2. The van der Waals surface area contributed by atoms with Crippen LogP contribution in [0.1, 0.15) is 11.3 Å². The van der Waals surface area contributed by atoms with E-state index in [0.29, 0.717) is 5.02 Å². The second-order valence-electron chi connectivity index (χ2n) is 5.28. The molecule has 0 atom stereocenters. The lowest BCUT2D eigenvalue weighted by atomic mass is 10.2. The van der Waals surface area contributed by atoms with Crippen molar-refractivity contribution in [1.29, 1.82) is 0 Å². The maximum atomic E-state index is 6.04. The van der Waals surface area contributed by atoms with Gasteiger partial charge in [-0.3, -0.25) is 4.40 Å². The zero-order chi connectivity index (χ0) is 16.0. The van der Waals surface area contributed by atoms with Crippen molar-refractivity contribution in [3.8, 4) is 0 Å². The van der Waals surface area contributed by atoms with Crippen LogP contribution in [0.5, 0.6) is 0 Å².